The van der Waals surface area contributed by atoms with Crippen LogP contribution < -0.4 is 4.90 Å². The van der Waals surface area contributed by atoms with Crippen LogP contribution in [0.25, 0.3) is 11.3 Å². The first-order chi connectivity index (χ1) is 8.84. The fourth-order valence-electron chi connectivity index (χ4n) is 1.87. The molecular formula is C13H11N3O2. The molecule has 1 amide bonds. The zero-order chi connectivity index (χ0) is 12.4. The van der Waals surface area contributed by atoms with Crippen molar-refractivity contribution in [2.45, 2.75) is 12.8 Å². The zero-order valence-corrected chi connectivity index (χ0v) is 9.61. The molecule has 18 heavy (non-hydrogen) atoms. The van der Waals surface area contributed by atoms with Crippen LogP contribution in [0.2, 0.25) is 0 Å². The summed E-state index contributed by atoms with van der Waals surface area (Å²) in [6.45, 7) is 0. The van der Waals surface area contributed by atoms with E-state index in [1.807, 2.05) is 12.1 Å². The van der Waals surface area contributed by atoms with E-state index in [0.29, 0.717) is 12.2 Å². The molecule has 0 unspecified atom stereocenters. The smallest absolute Gasteiger partial charge is 0.231 e. The SMILES string of the molecule is O=C1CCC=CN1c1cncc(-c2cnco2)c1. The first kappa shape index (κ1) is 10.7. The van der Waals surface area contributed by atoms with Gasteiger partial charge in [0.2, 0.25) is 5.91 Å². The Bertz CT molecular complexity index is 590. The Hall–Kier alpha value is -2.43. The molecule has 0 radical (unpaired) electrons. The van der Waals surface area contributed by atoms with Gasteiger partial charge in [0.05, 0.1) is 18.1 Å². The molecule has 3 heterocycles. The van der Waals surface area contributed by atoms with Crippen molar-refractivity contribution >= 4 is 11.6 Å². The third-order valence-electron chi connectivity index (χ3n) is 2.77. The van der Waals surface area contributed by atoms with Crippen molar-refractivity contribution in [1.29, 1.82) is 0 Å². The maximum atomic E-state index is 11.8. The molecule has 2 aromatic rings. The summed E-state index contributed by atoms with van der Waals surface area (Å²) >= 11 is 0. The third-order valence-corrected chi connectivity index (χ3v) is 2.77. The van der Waals surface area contributed by atoms with Gasteiger partial charge in [-0.2, -0.15) is 0 Å². The van der Waals surface area contributed by atoms with Gasteiger partial charge in [-0.1, -0.05) is 6.08 Å². The van der Waals surface area contributed by atoms with Crippen LogP contribution in [0.15, 0.2) is 47.7 Å². The standard InChI is InChI=1S/C13H11N3O2/c17-13-3-1-2-4-16(13)11-5-10(6-14-7-11)12-8-15-9-18-12/h2,4-9H,1,3H2. The summed E-state index contributed by atoms with van der Waals surface area (Å²) in [6, 6.07) is 1.86. The van der Waals surface area contributed by atoms with Gasteiger partial charge in [-0.25, -0.2) is 4.98 Å². The average Bonchev–Trinajstić information content (AvgIpc) is 2.93. The minimum absolute atomic E-state index is 0.0778. The molecule has 0 saturated heterocycles. The Balaban J connectivity index is 1.98. The normalized spacial score (nSPS) is 15.1. The van der Waals surface area contributed by atoms with Crippen LogP contribution in [-0.2, 0) is 4.79 Å². The number of carbonyl (C=O) groups is 1. The van der Waals surface area contributed by atoms with Gasteiger partial charge >= 0.3 is 0 Å². The van der Waals surface area contributed by atoms with E-state index in [1.54, 1.807) is 29.7 Å². The van der Waals surface area contributed by atoms with Crippen LogP contribution in [-0.4, -0.2) is 15.9 Å². The fourth-order valence-corrected chi connectivity index (χ4v) is 1.87. The zero-order valence-electron chi connectivity index (χ0n) is 9.61. The largest absolute Gasteiger partial charge is 0.443 e. The summed E-state index contributed by atoms with van der Waals surface area (Å²) in [5.74, 6) is 0.715. The highest BCUT2D eigenvalue weighted by atomic mass is 16.3. The molecule has 5 heteroatoms. The van der Waals surface area contributed by atoms with Crippen LogP contribution in [0.3, 0.4) is 0 Å². The first-order valence-corrected chi connectivity index (χ1v) is 5.67. The van der Waals surface area contributed by atoms with Gasteiger partial charge < -0.3 is 4.42 Å². The molecule has 1 aliphatic heterocycles. The highest BCUT2D eigenvalue weighted by Crippen LogP contribution is 2.25. The van der Waals surface area contributed by atoms with E-state index in [1.165, 1.54) is 6.39 Å². The summed E-state index contributed by atoms with van der Waals surface area (Å²) in [6.07, 6.45) is 11.4. The maximum absolute atomic E-state index is 11.8. The van der Waals surface area contributed by atoms with E-state index >= 15 is 0 Å². The molecule has 0 N–H and O–H groups in total. The summed E-state index contributed by atoms with van der Waals surface area (Å²) in [7, 11) is 0. The number of aromatic nitrogens is 2. The predicted molar refractivity (Wildman–Crippen MR) is 65.6 cm³/mol. The van der Waals surface area contributed by atoms with Crippen molar-refractivity contribution in [3.63, 3.8) is 0 Å². The number of hydrogen-bond donors (Lipinski definition) is 0. The van der Waals surface area contributed by atoms with Crippen molar-refractivity contribution in [3.05, 3.63) is 43.3 Å². The van der Waals surface area contributed by atoms with Crippen LogP contribution in [0.4, 0.5) is 5.69 Å². The van der Waals surface area contributed by atoms with Crippen LogP contribution in [0, 0.1) is 0 Å². The minimum atomic E-state index is 0.0778. The maximum Gasteiger partial charge on any atom is 0.231 e. The molecule has 0 fully saturated rings. The topological polar surface area (TPSA) is 59.2 Å². The number of amides is 1. The molecule has 3 rings (SSSR count). The van der Waals surface area contributed by atoms with Crippen molar-refractivity contribution in [2.24, 2.45) is 0 Å². The molecule has 0 aromatic carbocycles. The van der Waals surface area contributed by atoms with Crippen molar-refractivity contribution in [2.75, 3.05) is 4.90 Å². The highest BCUT2D eigenvalue weighted by molar-refractivity contribution is 5.96. The van der Waals surface area contributed by atoms with Gasteiger partial charge in [0, 0.05) is 24.4 Å². The number of carbonyl (C=O) groups excluding carboxylic acids is 1. The lowest BCUT2D eigenvalue weighted by Gasteiger charge is -2.21. The molecule has 90 valence electrons. The summed E-state index contributed by atoms with van der Waals surface area (Å²) < 4.78 is 5.22. The average molecular weight is 241 g/mol. The Morgan fingerprint density at radius 2 is 2.17 bits per heavy atom. The predicted octanol–water partition coefficient (Wildman–Crippen LogP) is 2.38. The second kappa shape index (κ2) is 4.44. The second-order valence-electron chi connectivity index (χ2n) is 3.98. The number of anilines is 1. The Labute approximate surface area is 104 Å². The molecular weight excluding hydrogens is 230 g/mol. The molecule has 0 spiro atoms. The lowest BCUT2D eigenvalue weighted by molar-refractivity contribution is -0.118. The minimum Gasteiger partial charge on any atom is -0.443 e. The van der Waals surface area contributed by atoms with Crippen LogP contribution >= 0.6 is 0 Å². The molecule has 2 aromatic heterocycles. The number of nitrogens with zero attached hydrogens (tertiary/aromatic N) is 3. The number of pyridine rings is 1. The molecule has 0 atom stereocenters. The van der Waals surface area contributed by atoms with Gasteiger partial charge in [-0.15, -0.1) is 0 Å². The molecule has 0 aliphatic carbocycles. The van der Waals surface area contributed by atoms with E-state index < -0.39 is 0 Å². The quantitative estimate of drug-likeness (QED) is 0.809. The monoisotopic (exact) mass is 241 g/mol. The first-order valence-electron chi connectivity index (χ1n) is 5.67. The second-order valence-corrected chi connectivity index (χ2v) is 3.98. The molecule has 0 bridgehead atoms. The van der Waals surface area contributed by atoms with Gasteiger partial charge in [-0.3, -0.25) is 14.7 Å². The number of rotatable bonds is 2. The third kappa shape index (κ3) is 1.90. The number of oxazole rings is 1. The van der Waals surface area contributed by atoms with E-state index in [2.05, 4.69) is 9.97 Å². The van der Waals surface area contributed by atoms with Crippen LogP contribution in [0.1, 0.15) is 12.8 Å². The van der Waals surface area contributed by atoms with E-state index in [4.69, 9.17) is 4.42 Å². The summed E-state index contributed by atoms with van der Waals surface area (Å²) in [4.78, 5) is 21.4. The Morgan fingerprint density at radius 1 is 1.22 bits per heavy atom. The summed E-state index contributed by atoms with van der Waals surface area (Å²) in [5.41, 5.74) is 1.54. The van der Waals surface area contributed by atoms with Crippen molar-refractivity contribution in [3.8, 4) is 11.3 Å². The lowest BCUT2D eigenvalue weighted by atomic mass is 10.1. The van der Waals surface area contributed by atoms with E-state index in [-0.39, 0.29) is 5.91 Å². The number of hydrogen-bond acceptors (Lipinski definition) is 4. The van der Waals surface area contributed by atoms with Gasteiger partial charge in [0.1, 0.15) is 0 Å². The van der Waals surface area contributed by atoms with Gasteiger partial charge in [0.15, 0.2) is 12.2 Å². The molecule has 1 aliphatic rings. The number of allylic oxidation sites excluding steroid dienone is 1. The lowest BCUT2D eigenvalue weighted by Crippen LogP contribution is -2.27. The van der Waals surface area contributed by atoms with Crippen molar-refractivity contribution in [1.82, 2.24) is 9.97 Å². The van der Waals surface area contributed by atoms with Gasteiger partial charge in [0.25, 0.3) is 0 Å². The van der Waals surface area contributed by atoms with Crippen molar-refractivity contribution < 1.29 is 9.21 Å². The van der Waals surface area contributed by atoms with Gasteiger partial charge in [-0.05, 0) is 12.5 Å². The fraction of sp³-hybridized carbons (Fsp3) is 0.154. The molecule has 5 nitrogen and oxygen atoms in total. The van der Waals surface area contributed by atoms with Crippen LogP contribution in [0.5, 0.6) is 0 Å². The highest BCUT2D eigenvalue weighted by Gasteiger charge is 2.16. The van der Waals surface area contributed by atoms with E-state index in [0.717, 1.165) is 17.7 Å². The Morgan fingerprint density at radius 3 is 2.94 bits per heavy atom. The summed E-state index contributed by atoms with van der Waals surface area (Å²) in [5, 5.41) is 0. The Kier molecular flexibility index (Phi) is 2.64. The molecule has 0 saturated carbocycles. The van der Waals surface area contributed by atoms with E-state index in [9.17, 15) is 4.79 Å².